The summed E-state index contributed by atoms with van der Waals surface area (Å²) in [6, 6.07) is 8.87. The quantitative estimate of drug-likeness (QED) is 0.919. The summed E-state index contributed by atoms with van der Waals surface area (Å²) < 4.78 is 5.25. The molecule has 3 rings (SSSR count). The maximum atomic E-state index is 5.25. The van der Waals surface area contributed by atoms with Crippen LogP contribution in [0.2, 0.25) is 0 Å². The van der Waals surface area contributed by atoms with E-state index in [2.05, 4.69) is 33.7 Å². The van der Waals surface area contributed by atoms with Gasteiger partial charge in [0.05, 0.1) is 7.11 Å². The maximum Gasteiger partial charge on any atom is 0.205 e. The average molecular weight is 261 g/mol. The zero-order valence-electron chi connectivity index (χ0n) is 10.2. The molecule has 94 valence electrons. The molecule has 0 unspecified atom stereocenters. The van der Waals surface area contributed by atoms with Gasteiger partial charge in [-0.15, -0.1) is 10.2 Å². The molecule has 1 fully saturated rings. The smallest absolute Gasteiger partial charge is 0.205 e. The van der Waals surface area contributed by atoms with Crippen LogP contribution >= 0.6 is 11.3 Å². The van der Waals surface area contributed by atoms with Crippen molar-refractivity contribution in [1.82, 2.24) is 10.2 Å². The summed E-state index contributed by atoms with van der Waals surface area (Å²) in [4.78, 5) is 0. The zero-order chi connectivity index (χ0) is 12.4. The van der Waals surface area contributed by atoms with E-state index in [0.717, 1.165) is 23.7 Å². The molecular weight excluding hydrogens is 246 g/mol. The fourth-order valence-electron chi connectivity index (χ4n) is 2.31. The molecule has 0 saturated heterocycles. The van der Waals surface area contributed by atoms with Crippen LogP contribution in [0.25, 0.3) is 0 Å². The number of hydrogen-bond donors (Lipinski definition) is 1. The van der Waals surface area contributed by atoms with Crippen molar-refractivity contribution in [2.45, 2.75) is 24.8 Å². The first-order valence-corrected chi connectivity index (χ1v) is 6.90. The Labute approximate surface area is 110 Å². The number of ether oxygens (including phenoxy) is 1. The van der Waals surface area contributed by atoms with Crippen LogP contribution in [0.5, 0.6) is 5.75 Å². The summed E-state index contributed by atoms with van der Waals surface area (Å²) in [7, 11) is 1.71. The first kappa shape index (κ1) is 11.5. The van der Waals surface area contributed by atoms with E-state index >= 15 is 0 Å². The highest BCUT2D eigenvalue weighted by atomic mass is 32.1. The minimum absolute atomic E-state index is 0.522. The van der Waals surface area contributed by atoms with Crippen molar-refractivity contribution in [1.29, 1.82) is 0 Å². The topological polar surface area (TPSA) is 47.0 Å². The van der Waals surface area contributed by atoms with Gasteiger partial charge in [0, 0.05) is 6.04 Å². The summed E-state index contributed by atoms with van der Waals surface area (Å²) in [6.45, 7) is 0. The highest BCUT2D eigenvalue weighted by Gasteiger charge is 2.30. The first-order chi connectivity index (χ1) is 8.85. The number of rotatable bonds is 4. The third kappa shape index (κ3) is 2.31. The van der Waals surface area contributed by atoms with Crippen molar-refractivity contribution < 1.29 is 4.74 Å². The van der Waals surface area contributed by atoms with Crippen molar-refractivity contribution in [2.24, 2.45) is 0 Å². The van der Waals surface area contributed by atoms with E-state index in [0.29, 0.717) is 12.0 Å². The molecule has 4 nitrogen and oxygen atoms in total. The number of nitrogens with zero attached hydrogens (tertiary/aromatic N) is 2. The van der Waals surface area contributed by atoms with E-state index in [1.54, 1.807) is 24.0 Å². The number of aromatic nitrogens is 2. The lowest BCUT2D eigenvalue weighted by Crippen LogP contribution is -2.33. The van der Waals surface area contributed by atoms with Gasteiger partial charge in [0.15, 0.2) is 0 Å². The van der Waals surface area contributed by atoms with Crippen molar-refractivity contribution in [3.8, 4) is 5.75 Å². The molecule has 0 atom stereocenters. The van der Waals surface area contributed by atoms with Crippen molar-refractivity contribution in [3.05, 3.63) is 35.3 Å². The van der Waals surface area contributed by atoms with Crippen LogP contribution in [-0.4, -0.2) is 23.3 Å². The molecule has 0 amide bonds. The molecule has 0 radical (unpaired) electrons. The molecule has 0 bridgehead atoms. The van der Waals surface area contributed by atoms with E-state index in [-0.39, 0.29) is 0 Å². The Morgan fingerprint density at radius 3 is 3.00 bits per heavy atom. The average Bonchev–Trinajstić information content (AvgIpc) is 2.86. The minimum atomic E-state index is 0.522. The van der Waals surface area contributed by atoms with Gasteiger partial charge in [-0.25, -0.2) is 0 Å². The van der Waals surface area contributed by atoms with Gasteiger partial charge in [0.2, 0.25) is 5.13 Å². The Bertz CT molecular complexity index is 509. The summed E-state index contributed by atoms with van der Waals surface area (Å²) >= 11 is 1.55. The predicted octanol–water partition coefficient (Wildman–Crippen LogP) is 2.90. The standard InChI is InChI=1S/C13H15N3OS/c1-17-12-4-2-3-9(7-12)10-5-11(6-10)15-13-16-14-8-18-13/h2-4,7-8,10-11H,5-6H2,1H3,(H,15,16). The number of benzene rings is 1. The van der Waals surface area contributed by atoms with Gasteiger partial charge in [-0.05, 0) is 36.5 Å². The summed E-state index contributed by atoms with van der Waals surface area (Å²) in [5.74, 6) is 1.57. The van der Waals surface area contributed by atoms with Gasteiger partial charge in [-0.2, -0.15) is 0 Å². The van der Waals surface area contributed by atoms with Crippen LogP contribution in [0.3, 0.4) is 0 Å². The van der Waals surface area contributed by atoms with Gasteiger partial charge >= 0.3 is 0 Å². The second-order valence-electron chi connectivity index (χ2n) is 4.53. The van der Waals surface area contributed by atoms with Gasteiger partial charge in [-0.1, -0.05) is 23.5 Å². The maximum absolute atomic E-state index is 5.25. The third-order valence-corrected chi connectivity index (χ3v) is 4.01. The van der Waals surface area contributed by atoms with Gasteiger partial charge in [0.25, 0.3) is 0 Å². The SMILES string of the molecule is COc1cccc(C2CC(Nc3nncs3)C2)c1. The van der Waals surface area contributed by atoms with Gasteiger partial charge in [-0.3, -0.25) is 0 Å². The van der Waals surface area contributed by atoms with Crippen LogP contribution in [0.4, 0.5) is 5.13 Å². The van der Waals surface area contributed by atoms with E-state index < -0.39 is 0 Å². The zero-order valence-corrected chi connectivity index (χ0v) is 11.0. The first-order valence-electron chi connectivity index (χ1n) is 6.02. The Morgan fingerprint density at radius 2 is 2.28 bits per heavy atom. The lowest BCUT2D eigenvalue weighted by molar-refractivity contribution is 0.370. The molecule has 1 aliphatic carbocycles. The Balaban J connectivity index is 1.58. The number of methoxy groups -OCH3 is 1. The molecule has 1 heterocycles. The molecular formula is C13H15N3OS. The summed E-state index contributed by atoms with van der Waals surface area (Å²) in [5, 5.41) is 12.1. The molecule has 1 aromatic carbocycles. The molecule has 2 aromatic rings. The Hall–Kier alpha value is -1.62. The molecule has 5 heteroatoms. The van der Waals surface area contributed by atoms with Crippen LogP contribution < -0.4 is 10.1 Å². The van der Waals surface area contributed by atoms with E-state index in [1.165, 1.54) is 5.56 Å². The second-order valence-corrected chi connectivity index (χ2v) is 5.36. The minimum Gasteiger partial charge on any atom is -0.497 e. The largest absolute Gasteiger partial charge is 0.497 e. The van der Waals surface area contributed by atoms with E-state index in [4.69, 9.17) is 4.74 Å². The monoisotopic (exact) mass is 261 g/mol. The Morgan fingerprint density at radius 1 is 1.39 bits per heavy atom. The van der Waals surface area contributed by atoms with Crippen LogP contribution in [0.1, 0.15) is 24.3 Å². The molecule has 0 spiro atoms. The lowest BCUT2D eigenvalue weighted by atomic mass is 9.76. The number of hydrogen-bond acceptors (Lipinski definition) is 5. The van der Waals surface area contributed by atoms with Crippen LogP contribution in [0, 0.1) is 0 Å². The van der Waals surface area contributed by atoms with E-state index in [1.807, 2.05) is 6.07 Å². The summed E-state index contributed by atoms with van der Waals surface area (Å²) in [6.07, 6.45) is 2.29. The fourth-order valence-corrected chi connectivity index (χ4v) is 2.84. The van der Waals surface area contributed by atoms with Crippen LogP contribution in [-0.2, 0) is 0 Å². The molecule has 1 saturated carbocycles. The highest BCUT2D eigenvalue weighted by Crippen LogP contribution is 2.39. The van der Waals surface area contributed by atoms with Crippen LogP contribution in [0.15, 0.2) is 29.8 Å². The number of anilines is 1. The molecule has 18 heavy (non-hydrogen) atoms. The second kappa shape index (κ2) is 4.94. The lowest BCUT2D eigenvalue weighted by Gasteiger charge is -2.36. The predicted molar refractivity (Wildman–Crippen MR) is 72.3 cm³/mol. The number of nitrogens with one attached hydrogen (secondary N) is 1. The molecule has 1 aliphatic rings. The van der Waals surface area contributed by atoms with Crippen molar-refractivity contribution in [2.75, 3.05) is 12.4 Å². The molecule has 0 aliphatic heterocycles. The highest BCUT2D eigenvalue weighted by molar-refractivity contribution is 7.13. The summed E-state index contributed by atoms with van der Waals surface area (Å²) in [5.41, 5.74) is 3.12. The van der Waals surface area contributed by atoms with Gasteiger partial charge in [0.1, 0.15) is 11.3 Å². The molecule has 1 aromatic heterocycles. The van der Waals surface area contributed by atoms with Crippen molar-refractivity contribution >= 4 is 16.5 Å². The van der Waals surface area contributed by atoms with E-state index in [9.17, 15) is 0 Å². The van der Waals surface area contributed by atoms with Crippen molar-refractivity contribution in [3.63, 3.8) is 0 Å². The molecule has 1 N–H and O–H groups in total. The normalized spacial score (nSPS) is 22.3. The Kier molecular flexibility index (Phi) is 3.15. The fraction of sp³-hybridized carbons (Fsp3) is 0.385. The van der Waals surface area contributed by atoms with Gasteiger partial charge < -0.3 is 10.1 Å². The third-order valence-electron chi connectivity index (χ3n) is 3.39.